The van der Waals surface area contributed by atoms with Crippen molar-refractivity contribution in [2.75, 3.05) is 32.8 Å². The topological polar surface area (TPSA) is 41.6 Å². The average molecular weight is 254 g/mol. The van der Waals surface area contributed by atoms with Crippen LogP contribution in [0.4, 0.5) is 0 Å². The average Bonchev–Trinajstić information content (AvgIpc) is 2.32. The maximum absolute atomic E-state index is 12.7. The molecule has 1 saturated heterocycles. The molecule has 2 rings (SSSR count). The monoisotopic (exact) mass is 254 g/mol. The first-order valence-corrected chi connectivity index (χ1v) is 7.28. The van der Waals surface area contributed by atoms with Crippen LogP contribution < -0.4 is 5.32 Å². The summed E-state index contributed by atoms with van der Waals surface area (Å²) in [7, 11) is 0. The van der Waals surface area contributed by atoms with E-state index in [1.165, 1.54) is 6.42 Å². The maximum atomic E-state index is 12.7. The molecule has 4 nitrogen and oxygen atoms in total. The number of ether oxygens (including phenoxy) is 1. The highest BCUT2D eigenvalue weighted by atomic mass is 16.5. The summed E-state index contributed by atoms with van der Waals surface area (Å²) in [5, 5.41) is 3.39. The van der Waals surface area contributed by atoms with Gasteiger partial charge in [0.1, 0.15) is 0 Å². The van der Waals surface area contributed by atoms with E-state index < -0.39 is 0 Å². The number of nitrogens with one attached hydrogen (secondary N) is 1. The molecule has 1 amide bonds. The maximum Gasteiger partial charge on any atom is 0.228 e. The lowest BCUT2D eigenvalue weighted by atomic mass is 9.65. The van der Waals surface area contributed by atoms with Gasteiger partial charge in [-0.3, -0.25) is 4.79 Å². The Hall–Kier alpha value is -0.610. The van der Waals surface area contributed by atoms with Gasteiger partial charge in [-0.15, -0.1) is 0 Å². The molecule has 1 heterocycles. The van der Waals surface area contributed by atoms with Crippen LogP contribution in [0.5, 0.6) is 0 Å². The van der Waals surface area contributed by atoms with Crippen LogP contribution in [-0.2, 0) is 9.53 Å². The lowest BCUT2D eigenvalue weighted by Gasteiger charge is -2.45. The number of amides is 1. The van der Waals surface area contributed by atoms with Gasteiger partial charge in [-0.1, -0.05) is 6.42 Å². The van der Waals surface area contributed by atoms with Gasteiger partial charge in [-0.2, -0.15) is 0 Å². The number of carbonyl (C=O) groups excluding carboxylic acids is 1. The third kappa shape index (κ3) is 2.86. The van der Waals surface area contributed by atoms with Crippen LogP contribution in [0.2, 0.25) is 0 Å². The van der Waals surface area contributed by atoms with E-state index in [2.05, 4.69) is 17.1 Å². The van der Waals surface area contributed by atoms with Gasteiger partial charge >= 0.3 is 0 Å². The molecular weight excluding hydrogens is 228 g/mol. The van der Waals surface area contributed by atoms with Gasteiger partial charge in [0.2, 0.25) is 5.91 Å². The highest BCUT2D eigenvalue weighted by Gasteiger charge is 2.46. The molecule has 4 heteroatoms. The summed E-state index contributed by atoms with van der Waals surface area (Å²) >= 11 is 0. The number of hydrogen-bond donors (Lipinski definition) is 1. The third-order valence-electron chi connectivity index (χ3n) is 4.35. The Labute approximate surface area is 110 Å². The Bertz CT molecular complexity index is 290. The van der Waals surface area contributed by atoms with E-state index in [1.807, 2.05) is 6.92 Å². The van der Waals surface area contributed by atoms with Crippen LogP contribution in [0.25, 0.3) is 0 Å². The van der Waals surface area contributed by atoms with Gasteiger partial charge in [0, 0.05) is 38.9 Å². The Morgan fingerprint density at radius 2 is 2.28 bits per heavy atom. The molecule has 0 bridgehead atoms. The largest absolute Gasteiger partial charge is 0.382 e. The molecule has 0 aromatic heterocycles. The van der Waals surface area contributed by atoms with Gasteiger partial charge in [0.15, 0.2) is 0 Å². The third-order valence-corrected chi connectivity index (χ3v) is 4.35. The minimum Gasteiger partial charge on any atom is -0.382 e. The zero-order valence-corrected chi connectivity index (χ0v) is 11.7. The molecule has 0 unspecified atom stereocenters. The van der Waals surface area contributed by atoms with Crippen molar-refractivity contribution in [1.82, 2.24) is 10.2 Å². The molecule has 1 saturated carbocycles. The molecule has 18 heavy (non-hydrogen) atoms. The van der Waals surface area contributed by atoms with Crippen molar-refractivity contribution in [2.45, 2.75) is 45.6 Å². The predicted molar refractivity (Wildman–Crippen MR) is 71.4 cm³/mol. The zero-order chi connectivity index (χ0) is 13.0. The van der Waals surface area contributed by atoms with E-state index in [0.717, 1.165) is 52.1 Å². The van der Waals surface area contributed by atoms with E-state index in [1.54, 1.807) is 0 Å². The van der Waals surface area contributed by atoms with E-state index in [0.29, 0.717) is 11.9 Å². The van der Waals surface area contributed by atoms with Crippen molar-refractivity contribution >= 4 is 5.91 Å². The second-order valence-electron chi connectivity index (χ2n) is 5.69. The van der Waals surface area contributed by atoms with Crippen molar-refractivity contribution in [3.8, 4) is 0 Å². The minimum atomic E-state index is -0.0910. The fourth-order valence-corrected chi connectivity index (χ4v) is 3.04. The van der Waals surface area contributed by atoms with Crippen LogP contribution in [0.1, 0.15) is 39.5 Å². The van der Waals surface area contributed by atoms with Gasteiger partial charge in [-0.05, 0) is 33.1 Å². The Morgan fingerprint density at radius 1 is 1.50 bits per heavy atom. The molecule has 1 atom stereocenters. The normalized spacial score (nSPS) is 26.8. The highest BCUT2D eigenvalue weighted by molar-refractivity contribution is 5.83. The fourth-order valence-electron chi connectivity index (χ4n) is 3.04. The zero-order valence-electron chi connectivity index (χ0n) is 11.7. The number of rotatable bonds is 5. The van der Waals surface area contributed by atoms with Crippen LogP contribution >= 0.6 is 0 Å². The molecule has 104 valence electrons. The van der Waals surface area contributed by atoms with Crippen LogP contribution in [0.3, 0.4) is 0 Å². The molecule has 1 aliphatic carbocycles. The van der Waals surface area contributed by atoms with Crippen LogP contribution in [0.15, 0.2) is 0 Å². The summed E-state index contributed by atoms with van der Waals surface area (Å²) in [5.74, 6) is 0.377. The number of hydrogen-bond acceptors (Lipinski definition) is 3. The number of piperazine rings is 1. The highest BCUT2D eigenvalue weighted by Crippen LogP contribution is 2.45. The van der Waals surface area contributed by atoms with E-state index >= 15 is 0 Å². The molecule has 0 aromatic carbocycles. The summed E-state index contributed by atoms with van der Waals surface area (Å²) < 4.78 is 5.44. The molecule has 0 aromatic rings. The smallest absolute Gasteiger partial charge is 0.228 e. The number of nitrogens with zero attached hydrogens (tertiary/aromatic N) is 1. The molecule has 2 fully saturated rings. The first kappa shape index (κ1) is 13.8. The van der Waals surface area contributed by atoms with E-state index in [-0.39, 0.29) is 5.41 Å². The van der Waals surface area contributed by atoms with Gasteiger partial charge in [0.25, 0.3) is 0 Å². The van der Waals surface area contributed by atoms with Gasteiger partial charge in [-0.25, -0.2) is 0 Å². The van der Waals surface area contributed by atoms with Crippen LogP contribution in [-0.4, -0.2) is 49.7 Å². The first-order valence-electron chi connectivity index (χ1n) is 7.28. The van der Waals surface area contributed by atoms with Gasteiger partial charge in [0.05, 0.1) is 5.41 Å². The molecular formula is C14H26N2O2. The standard InChI is InChI=1S/C14H26N2O2/c1-3-18-10-7-14(5-4-6-14)13(17)16-9-8-15-12(2)11-16/h12,15H,3-11H2,1-2H3/t12-/m1/s1. The molecule has 2 aliphatic rings. The van der Waals surface area contributed by atoms with Gasteiger partial charge < -0.3 is 15.0 Å². The summed E-state index contributed by atoms with van der Waals surface area (Å²) in [6.45, 7) is 8.27. The van der Waals surface area contributed by atoms with Crippen molar-refractivity contribution in [3.63, 3.8) is 0 Å². The van der Waals surface area contributed by atoms with Crippen molar-refractivity contribution in [2.24, 2.45) is 5.41 Å². The summed E-state index contributed by atoms with van der Waals surface area (Å²) in [4.78, 5) is 14.7. The SMILES string of the molecule is CCOCCC1(C(=O)N2CCN[C@H](C)C2)CCC1. The van der Waals surface area contributed by atoms with E-state index in [4.69, 9.17) is 4.74 Å². The summed E-state index contributed by atoms with van der Waals surface area (Å²) in [6.07, 6.45) is 4.20. The summed E-state index contributed by atoms with van der Waals surface area (Å²) in [6, 6.07) is 0.423. The van der Waals surface area contributed by atoms with Crippen molar-refractivity contribution in [3.05, 3.63) is 0 Å². The molecule has 0 spiro atoms. The predicted octanol–water partition coefficient (Wildman–Crippen LogP) is 1.40. The lowest BCUT2D eigenvalue weighted by molar-refractivity contribution is -0.150. The number of carbonyl (C=O) groups is 1. The Balaban J connectivity index is 1.92. The second-order valence-corrected chi connectivity index (χ2v) is 5.69. The quantitative estimate of drug-likeness (QED) is 0.754. The molecule has 1 aliphatic heterocycles. The van der Waals surface area contributed by atoms with Crippen molar-refractivity contribution < 1.29 is 9.53 Å². The molecule has 1 N–H and O–H groups in total. The van der Waals surface area contributed by atoms with Crippen LogP contribution in [0, 0.1) is 5.41 Å². The van der Waals surface area contributed by atoms with Crippen molar-refractivity contribution in [1.29, 1.82) is 0 Å². The Morgan fingerprint density at radius 3 is 2.83 bits per heavy atom. The fraction of sp³-hybridized carbons (Fsp3) is 0.929. The van der Waals surface area contributed by atoms with E-state index in [9.17, 15) is 4.79 Å². The minimum absolute atomic E-state index is 0.0910. The second kappa shape index (κ2) is 6.02. The lowest BCUT2D eigenvalue weighted by Crippen LogP contribution is -2.57. The Kier molecular flexibility index (Phi) is 4.62. The first-order chi connectivity index (χ1) is 8.68. The summed E-state index contributed by atoms with van der Waals surface area (Å²) in [5.41, 5.74) is -0.0910. The molecule has 0 radical (unpaired) electrons.